The Hall–Kier alpha value is -2.09. The molecule has 0 unspecified atom stereocenters. The molecule has 1 aromatic heterocycles. The molecule has 0 bridgehead atoms. The molecule has 2 aliphatic rings. The molecule has 4 rings (SSSR count). The second-order valence-electron chi connectivity index (χ2n) is 6.31. The molecule has 0 fully saturated rings. The molecule has 0 atom stereocenters. The van der Waals surface area contributed by atoms with Gasteiger partial charge in [-0.25, -0.2) is 4.98 Å². The van der Waals surface area contributed by atoms with Crippen LogP contribution >= 0.6 is 0 Å². The van der Waals surface area contributed by atoms with Crippen LogP contribution in [-0.4, -0.2) is 9.55 Å². The van der Waals surface area contributed by atoms with Crippen molar-refractivity contribution in [3.8, 4) is 0 Å². The second-order valence-corrected chi connectivity index (χ2v) is 6.31. The number of imidazole rings is 1. The average Bonchev–Trinajstić information content (AvgIpc) is 2.97. The van der Waals surface area contributed by atoms with E-state index in [1.807, 2.05) is 0 Å². The Morgan fingerprint density at radius 3 is 2.82 bits per heavy atom. The zero-order chi connectivity index (χ0) is 14.9. The quantitative estimate of drug-likeness (QED) is 0.714. The van der Waals surface area contributed by atoms with Crippen molar-refractivity contribution in [3.63, 3.8) is 0 Å². The van der Waals surface area contributed by atoms with Gasteiger partial charge in [0.05, 0.1) is 11.0 Å². The highest BCUT2D eigenvalue weighted by atomic mass is 15.1. The van der Waals surface area contributed by atoms with E-state index in [-0.39, 0.29) is 0 Å². The third-order valence-electron chi connectivity index (χ3n) is 4.74. The van der Waals surface area contributed by atoms with Crippen molar-refractivity contribution in [2.45, 2.75) is 45.4 Å². The lowest BCUT2D eigenvalue weighted by Gasteiger charge is -2.18. The lowest BCUT2D eigenvalue weighted by molar-refractivity contribution is 0.735. The first-order chi connectivity index (χ1) is 10.8. The zero-order valence-electron chi connectivity index (χ0n) is 13.2. The minimum absolute atomic E-state index is 1.09. The third kappa shape index (κ3) is 2.23. The first-order valence-electron chi connectivity index (χ1n) is 8.38. The highest BCUT2D eigenvalue weighted by molar-refractivity contribution is 5.87. The predicted molar refractivity (Wildman–Crippen MR) is 93.6 cm³/mol. The summed E-state index contributed by atoms with van der Waals surface area (Å²) in [7, 11) is 0. The molecule has 2 nitrogen and oxygen atoms in total. The Morgan fingerprint density at radius 2 is 2.05 bits per heavy atom. The van der Waals surface area contributed by atoms with Gasteiger partial charge in [0, 0.05) is 5.70 Å². The summed E-state index contributed by atoms with van der Waals surface area (Å²) < 4.78 is 2.42. The van der Waals surface area contributed by atoms with Crippen LogP contribution in [0.2, 0.25) is 0 Å². The van der Waals surface area contributed by atoms with Gasteiger partial charge in [0.2, 0.25) is 0 Å². The zero-order valence-corrected chi connectivity index (χ0v) is 13.2. The minimum atomic E-state index is 1.09. The van der Waals surface area contributed by atoms with E-state index in [9.17, 15) is 0 Å². The van der Waals surface area contributed by atoms with Gasteiger partial charge < -0.3 is 0 Å². The van der Waals surface area contributed by atoms with Crippen molar-refractivity contribution in [2.75, 3.05) is 0 Å². The number of hydrogen-bond donors (Lipinski definition) is 0. The van der Waals surface area contributed by atoms with Gasteiger partial charge in [-0.1, -0.05) is 30.4 Å². The summed E-state index contributed by atoms with van der Waals surface area (Å²) in [5.41, 5.74) is 6.52. The minimum Gasteiger partial charge on any atom is -0.296 e. The molecule has 22 heavy (non-hydrogen) atoms. The van der Waals surface area contributed by atoms with Gasteiger partial charge in [0.1, 0.15) is 5.82 Å². The van der Waals surface area contributed by atoms with E-state index in [1.54, 1.807) is 0 Å². The average molecular weight is 290 g/mol. The molecular weight excluding hydrogens is 268 g/mol. The Bertz CT molecular complexity index is 802. The largest absolute Gasteiger partial charge is 0.296 e. The topological polar surface area (TPSA) is 17.8 Å². The molecule has 0 saturated heterocycles. The number of fused-ring (bicyclic) bond motifs is 1. The number of nitrogens with zero attached hydrogens (tertiary/aromatic N) is 2. The SMILES string of the molecule is Cc1cccc2nc(C3=CCCCC3)n(C3=CC=CCC3)c12. The summed E-state index contributed by atoms with van der Waals surface area (Å²) in [4.78, 5) is 5.00. The van der Waals surface area contributed by atoms with Gasteiger partial charge in [-0.05, 0) is 68.7 Å². The molecule has 0 aliphatic heterocycles. The van der Waals surface area contributed by atoms with Crippen molar-refractivity contribution in [1.82, 2.24) is 9.55 Å². The predicted octanol–water partition coefficient (Wildman–Crippen LogP) is 5.49. The summed E-state index contributed by atoms with van der Waals surface area (Å²) in [5, 5.41) is 0. The van der Waals surface area contributed by atoms with E-state index in [4.69, 9.17) is 4.98 Å². The highest BCUT2D eigenvalue weighted by Crippen LogP contribution is 2.34. The molecule has 1 aromatic carbocycles. The van der Waals surface area contributed by atoms with Gasteiger partial charge >= 0.3 is 0 Å². The summed E-state index contributed by atoms with van der Waals surface area (Å²) in [6.07, 6.45) is 16.2. The summed E-state index contributed by atoms with van der Waals surface area (Å²) >= 11 is 0. The molecule has 112 valence electrons. The van der Waals surface area contributed by atoms with Crippen molar-refractivity contribution in [1.29, 1.82) is 0 Å². The monoisotopic (exact) mass is 290 g/mol. The fourth-order valence-electron chi connectivity index (χ4n) is 3.61. The van der Waals surface area contributed by atoms with Crippen LogP contribution < -0.4 is 0 Å². The van der Waals surface area contributed by atoms with E-state index in [1.165, 1.54) is 47.4 Å². The maximum atomic E-state index is 5.00. The molecule has 0 amide bonds. The standard InChI is InChI=1S/C20H22N2/c1-15-9-8-14-18-19(15)22(17-12-6-3-7-13-17)20(21-18)16-10-4-2-5-11-16/h3,6,8-10,12,14H,2,4-5,7,11,13H2,1H3. The van der Waals surface area contributed by atoms with Gasteiger partial charge in [0.15, 0.2) is 0 Å². The lowest BCUT2D eigenvalue weighted by Crippen LogP contribution is -2.06. The molecule has 0 saturated carbocycles. The Labute approximate surface area is 131 Å². The molecule has 0 N–H and O–H groups in total. The molecule has 2 heteroatoms. The molecule has 0 radical (unpaired) electrons. The van der Waals surface area contributed by atoms with Crippen LogP contribution in [0, 0.1) is 6.92 Å². The summed E-state index contributed by atoms with van der Waals surface area (Å²) in [6, 6.07) is 6.45. The van der Waals surface area contributed by atoms with E-state index < -0.39 is 0 Å². The number of para-hydroxylation sites is 1. The molecular formula is C20H22N2. The maximum Gasteiger partial charge on any atom is 0.141 e. The Balaban J connectivity index is 1.99. The first kappa shape index (κ1) is 13.6. The smallest absolute Gasteiger partial charge is 0.141 e. The van der Waals surface area contributed by atoms with E-state index in [0.717, 1.165) is 24.8 Å². The van der Waals surface area contributed by atoms with Crippen LogP contribution in [0.5, 0.6) is 0 Å². The van der Waals surface area contributed by atoms with Gasteiger partial charge in [-0.15, -0.1) is 0 Å². The van der Waals surface area contributed by atoms with Gasteiger partial charge in [-0.2, -0.15) is 0 Å². The molecule has 1 heterocycles. The summed E-state index contributed by atoms with van der Waals surface area (Å²) in [5.74, 6) is 1.17. The third-order valence-corrected chi connectivity index (χ3v) is 4.74. The normalized spacial score (nSPS) is 18.4. The lowest BCUT2D eigenvalue weighted by atomic mass is 9.98. The van der Waals surface area contributed by atoms with Crippen LogP contribution in [0.25, 0.3) is 22.3 Å². The van der Waals surface area contributed by atoms with E-state index in [0.29, 0.717) is 0 Å². The van der Waals surface area contributed by atoms with Crippen molar-refractivity contribution in [3.05, 3.63) is 53.9 Å². The highest BCUT2D eigenvalue weighted by Gasteiger charge is 2.19. The fraction of sp³-hybridized carbons (Fsp3) is 0.350. The fourth-order valence-corrected chi connectivity index (χ4v) is 3.61. The van der Waals surface area contributed by atoms with Crippen molar-refractivity contribution >= 4 is 22.3 Å². The van der Waals surface area contributed by atoms with Crippen LogP contribution in [0.1, 0.15) is 49.9 Å². The van der Waals surface area contributed by atoms with Crippen LogP contribution in [-0.2, 0) is 0 Å². The number of rotatable bonds is 2. The van der Waals surface area contributed by atoms with Gasteiger partial charge in [0.25, 0.3) is 0 Å². The maximum absolute atomic E-state index is 5.00. The number of aryl methyl sites for hydroxylation is 1. The number of aromatic nitrogens is 2. The second kappa shape index (κ2) is 5.60. The van der Waals surface area contributed by atoms with Crippen molar-refractivity contribution < 1.29 is 0 Å². The van der Waals surface area contributed by atoms with Crippen molar-refractivity contribution in [2.24, 2.45) is 0 Å². The molecule has 2 aromatic rings. The van der Waals surface area contributed by atoms with Gasteiger partial charge in [-0.3, -0.25) is 4.57 Å². The Morgan fingerprint density at radius 1 is 1.09 bits per heavy atom. The number of allylic oxidation sites excluding steroid dienone is 6. The first-order valence-corrected chi connectivity index (χ1v) is 8.38. The number of benzene rings is 1. The van der Waals surface area contributed by atoms with Crippen LogP contribution in [0.15, 0.2) is 42.5 Å². The van der Waals surface area contributed by atoms with E-state index >= 15 is 0 Å². The summed E-state index contributed by atoms with van der Waals surface area (Å²) in [6.45, 7) is 2.19. The molecule has 2 aliphatic carbocycles. The van der Waals surface area contributed by atoms with Crippen LogP contribution in [0.4, 0.5) is 0 Å². The van der Waals surface area contributed by atoms with E-state index in [2.05, 4.69) is 54.0 Å². The Kier molecular flexibility index (Phi) is 3.45. The number of hydrogen-bond acceptors (Lipinski definition) is 1. The van der Waals surface area contributed by atoms with Crippen LogP contribution in [0.3, 0.4) is 0 Å². The molecule has 0 spiro atoms.